The topological polar surface area (TPSA) is 40.5 Å². The molecule has 0 fully saturated rings. The Morgan fingerprint density at radius 1 is 0.800 bits per heavy atom. The second-order valence-electron chi connectivity index (χ2n) is 5.25. The van der Waals surface area contributed by atoms with Crippen LogP contribution in [0.3, 0.4) is 0 Å². The molecule has 2 nitrogen and oxygen atoms in total. The van der Waals surface area contributed by atoms with E-state index in [1.54, 1.807) is 6.08 Å². The molecule has 1 aliphatic rings. The molecule has 0 aromatic heterocycles. The lowest BCUT2D eigenvalue weighted by Gasteiger charge is -2.23. The summed E-state index contributed by atoms with van der Waals surface area (Å²) in [5.41, 5.74) is 1.81. The van der Waals surface area contributed by atoms with Gasteiger partial charge in [-0.2, -0.15) is 0 Å². The first-order valence-corrected chi connectivity index (χ1v) is 6.74. The Labute approximate surface area is 116 Å². The fraction of sp³-hybridized carbons (Fsp3) is 0.111. The van der Waals surface area contributed by atoms with Crippen molar-refractivity contribution in [2.24, 2.45) is 0 Å². The van der Waals surface area contributed by atoms with Crippen molar-refractivity contribution in [3.05, 3.63) is 65.7 Å². The van der Waals surface area contributed by atoms with Crippen LogP contribution in [-0.4, -0.2) is 16.3 Å². The molecule has 2 N–H and O–H groups in total. The normalized spacial score (nSPS) is 21.3. The zero-order valence-corrected chi connectivity index (χ0v) is 10.8. The van der Waals surface area contributed by atoms with Gasteiger partial charge in [0, 0.05) is 0 Å². The molecule has 3 aromatic rings. The summed E-state index contributed by atoms with van der Waals surface area (Å²) in [5.74, 6) is 0. The van der Waals surface area contributed by atoms with Crippen molar-refractivity contribution in [3.8, 4) is 0 Å². The van der Waals surface area contributed by atoms with Gasteiger partial charge in [-0.3, -0.25) is 0 Å². The summed E-state index contributed by atoms with van der Waals surface area (Å²) in [6, 6.07) is 16.4. The minimum absolute atomic E-state index is 0.795. The van der Waals surface area contributed by atoms with Crippen molar-refractivity contribution in [2.75, 3.05) is 0 Å². The van der Waals surface area contributed by atoms with Crippen LogP contribution in [0.25, 0.3) is 27.6 Å². The number of rotatable bonds is 0. The Kier molecular flexibility index (Phi) is 2.43. The number of aliphatic hydroxyl groups excluding tert-OH is 2. The van der Waals surface area contributed by atoms with E-state index in [0.29, 0.717) is 0 Å². The van der Waals surface area contributed by atoms with Gasteiger partial charge in [0.15, 0.2) is 0 Å². The molecule has 0 spiro atoms. The van der Waals surface area contributed by atoms with Crippen LogP contribution in [0.15, 0.2) is 54.6 Å². The van der Waals surface area contributed by atoms with Crippen LogP contribution in [0.5, 0.6) is 0 Å². The lowest BCUT2D eigenvalue weighted by atomic mass is 9.87. The van der Waals surface area contributed by atoms with E-state index in [1.807, 2.05) is 30.3 Å². The molecule has 0 radical (unpaired) electrons. The first kappa shape index (κ1) is 11.6. The van der Waals surface area contributed by atoms with Crippen LogP contribution in [0.4, 0.5) is 0 Å². The fourth-order valence-electron chi connectivity index (χ4n) is 3.06. The highest BCUT2D eigenvalue weighted by Crippen LogP contribution is 2.36. The molecule has 4 rings (SSSR count). The summed E-state index contributed by atoms with van der Waals surface area (Å²) in [4.78, 5) is 0. The monoisotopic (exact) mass is 262 g/mol. The Hall–Kier alpha value is -2.16. The maximum absolute atomic E-state index is 10.2. The molecule has 3 aromatic carbocycles. The van der Waals surface area contributed by atoms with Gasteiger partial charge in [-0.1, -0.05) is 60.7 Å². The van der Waals surface area contributed by atoms with Gasteiger partial charge in [0.05, 0.1) is 0 Å². The van der Waals surface area contributed by atoms with Crippen molar-refractivity contribution >= 4 is 27.6 Å². The second kappa shape index (κ2) is 4.17. The molecule has 20 heavy (non-hydrogen) atoms. The molecular weight excluding hydrogens is 248 g/mol. The number of aliphatic hydroxyl groups is 2. The SMILES string of the molecule is O[C@@H]1C=Cc2c(ccc3ccc4ccccc4c23)[C@H]1O. The lowest BCUT2D eigenvalue weighted by molar-refractivity contribution is 0.0471. The molecule has 0 saturated carbocycles. The van der Waals surface area contributed by atoms with E-state index in [2.05, 4.69) is 24.3 Å². The van der Waals surface area contributed by atoms with Gasteiger partial charge < -0.3 is 10.2 Å². The zero-order chi connectivity index (χ0) is 13.7. The quantitative estimate of drug-likeness (QED) is 0.609. The van der Waals surface area contributed by atoms with Gasteiger partial charge in [0.25, 0.3) is 0 Å². The van der Waals surface area contributed by atoms with Gasteiger partial charge in [-0.15, -0.1) is 0 Å². The Bertz CT molecular complexity index is 849. The highest BCUT2D eigenvalue weighted by Gasteiger charge is 2.23. The Morgan fingerprint density at radius 3 is 2.45 bits per heavy atom. The summed E-state index contributed by atoms with van der Waals surface area (Å²) in [6.45, 7) is 0. The Morgan fingerprint density at radius 2 is 1.55 bits per heavy atom. The van der Waals surface area contributed by atoms with E-state index in [4.69, 9.17) is 0 Å². The average Bonchev–Trinajstić information content (AvgIpc) is 2.50. The summed E-state index contributed by atoms with van der Waals surface area (Å²) in [7, 11) is 0. The molecule has 0 amide bonds. The second-order valence-corrected chi connectivity index (χ2v) is 5.25. The van der Waals surface area contributed by atoms with E-state index >= 15 is 0 Å². The van der Waals surface area contributed by atoms with Gasteiger partial charge >= 0.3 is 0 Å². The van der Waals surface area contributed by atoms with E-state index in [1.165, 1.54) is 10.8 Å². The first-order chi connectivity index (χ1) is 9.75. The molecule has 0 aliphatic heterocycles. The molecular formula is C18H14O2. The van der Waals surface area contributed by atoms with E-state index in [9.17, 15) is 10.2 Å². The van der Waals surface area contributed by atoms with Crippen LogP contribution in [0.2, 0.25) is 0 Å². The maximum atomic E-state index is 10.2. The van der Waals surface area contributed by atoms with Crippen molar-refractivity contribution in [1.29, 1.82) is 0 Å². The van der Waals surface area contributed by atoms with Gasteiger partial charge in [-0.25, -0.2) is 0 Å². The standard InChI is InChI=1S/C18H14O2/c19-16-10-9-14-15(18(16)20)8-7-12-6-5-11-3-1-2-4-13(11)17(12)14/h1-10,16,18-20H/t16-,18-/m1/s1. The van der Waals surface area contributed by atoms with Gasteiger partial charge in [0.2, 0.25) is 0 Å². The molecule has 0 unspecified atom stereocenters. The highest BCUT2D eigenvalue weighted by atomic mass is 16.3. The van der Waals surface area contributed by atoms with Crippen LogP contribution >= 0.6 is 0 Å². The van der Waals surface area contributed by atoms with Crippen molar-refractivity contribution < 1.29 is 10.2 Å². The number of fused-ring (bicyclic) bond motifs is 5. The lowest BCUT2D eigenvalue weighted by Crippen LogP contribution is -2.19. The zero-order valence-electron chi connectivity index (χ0n) is 10.8. The molecule has 2 heteroatoms. The highest BCUT2D eigenvalue weighted by molar-refractivity contribution is 6.11. The third-order valence-electron chi connectivity index (χ3n) is 4.09. The predicted octanol–water partition coefficient (Wildman–Crippen LogP) is 3.41. The summed E-state index contributed by atoms with van der Waals surface area (Å²) >= 11 is 0. The van der Waals surface area contributed by atoms with Crippen LogP contribution in [0, 0.1) is 0 Å². The minimum atomic E-state index is -0.849. The van der Waals surface area contributed by atoms with Crippen LogP contribution in [-0.2, 0) is 0 Å². The summed E-state index contributed by atoms with van der Waals surface area (Å²) in [6.07, 6.45) is 1.91. The number of hydrogen-bond acceptors (Lipinski definition) is 2. The minimum Gasteiger partial charge on any atom is -0.386 e. The van der Waals surface area contributed by atoms with Gasteiger partial charge in [0.1, 0.15) is 12.2 Å². The smallest absolute Gasteiger partial charge is 0.109 e. The average molecular weight is 262 g/mol. The Balaban J connectivity index is 2.19. The molecule has 0 saturated heterocycles. The third-order valence-corrected chi connectivity index (χ3v) is 4.09. The summed E-state index contributed by atoms with van der Waals surface area (Å²) in [5, 5.41) is 24.6. The fourth-order valence-corrected chi connectivity index (χ4v) is 3.06. The van der Waals surface area contributed by atoms with Gasteiger partial charge in [-0.05, 0) is 32.7 Å². The van der Waals surface area contributed by atoms with E-state index in [-0.39, 0.29) is 0 Å². The predicted molar refractivity (Wildman–Crippen MR) is 81.5 cm³/mol. The summed E-state index contributed by atoms with van der Waals surface area (Å²) < 4.78 is 0. The molecule has 0 heterocycles. The molecule has 1 aliphatic carbocycles. The van der Waals surface area contributed by atoms with Crippen molar-refractivity contribution in [2.45, 2.75) is 12.2 Å². The molecule has 98 valence electrons. The molecule has 0 bridgehead atoms. The van der Waals surface area contributed by atoms with Crippen LogP contribution < -0.4 is 0 Å². The first-order valence-electron chi connectivity index (χ1n) is 6.74. The van der Waals surface area contributed by atoms with Crippen molar-refractivity contribution in [3.63, 3.8) is 0 Å². The van der Waals surface area contributed by atoms with Crippen LogP contribution in [0.1, 0.15) is 17.2 Å². The van der Waals surface area contributed by atoms with E-state index < -0.39 is 12.2 Å². The van der Waals surface area contributed by atoms with E-state index in [0.717, 1.165) is 21.9 Å². The van der Waals surface area contributed by atoms with Crippen molar-refractivity contribution in [1.82, 2.24) is 0 Å². The maximum Gasteiger partial charge on any atom is 0.109 e. The third kappa shape index (κ3) is 1.52. The number of hydrogen-bond donors (Lipinski definition) is 2. The largest absolute Gasteiger partial charge is 0.386 e. The molecule has 2 atom stereocenters. The number of benzene rings is 3.